The Labute approximate surface area is 212 Å². The summed E-state index contributed by atoms with van der Waals surface area (Å²) < 4.78 is 7.08. The number of fused-ring (bicyclic) bond motifs is 3. The Kier molecular flexibility index (Phi) is 6.05. The molecule has 36 heavy (non-hydrogen) atoms. The first-order valence-electron chi connectivity index (χ1n) is 11.5. The van der Waals surface area contributed by atoms with Crippen LogP contribution in [0.2, 0.25) is 0 Å². The molecule has 0 aliphatic carbocycles. The van der Waals surface area contributed by atoms with Crippen molar-refractivity contribution in [3.63, 3.8) is 0 Å². The lowest BCUT2D eigenvalue weighted by Gasteiger charge is -2.16. The number of nitrogens with zero attached hydrogens (tertiary/aromatic N) is 5. The van der Waals surface area contributed by atoms with Crippen molar-refractivity contribution in [2.75, 3.05) is 12.4 Å². The summed E-state index contributed by atoms with van der Waals surface area (Å²) in [7, 11) is 1.58. The predicted molar refractivity (Wildman–Crippen MR) is 139 cm³/mol. The molecule has 1 aliphatic rings. The molecule has 0 saturated carbocycles. The number of pyridine rings is 1. The van der Waals surface area contributed by atoms with Crippen LogP contribution in [0.5, 0.6) is 5.88 Å². The highest BCUT2D eigenvalue weighted by Crippen LogP contribution is 2.40. The molecule has 0 spiro atoms. The highest BCUT2D eigenvalue weighted by atomic mass is 32.1. The molecule has 1 unspecified atom stereocenters. The summed E-state index contributed by atoms with van der Waals surface area (Å²) in [4.78, 5) is 22.5. The quantitative estimate of drug-likeness (QED) is 0.381. The Morgan fingerprint density at radius 1 is 1.11 bits per heavy atom. The number of anilines is 2. The third-order valence-corrected chi connectivity index (χ3v) is 7.64. The van der Waals surface area contributed by atoms with E-state index in [9.17, 15) is 9.90 Å². The van der Waals surface area contributed by atoms with E-state index in [1.54, 1.807) is 37.6 Å². The van der Waals surface area contributed by atoms with Crippen molar-refractivity contribution in [1.82, 2.24) is 19.7 Å². The number of hydrogen-bond donors (Lipinski definition) is 2. The number of aliphatic imine (C=N–C) groups is 1. The fraction of sp³-hybridized carbons (Fsp3) is 0.269. The molecule has 9 nitrogen and oxygen atoms in total. The maximum absolute atomic E-state index is 12.0. The van der Waals surface area contributed by atoms with Gasteiger partial charge in [-0.2, -0.15) is 0 Å². The Morgan fingerprint density at radius 3 is 2.47 bits per heavy atom. The van der Waals surface area contributed by atoms with Gasteiger partial charge in [-0.05, 0) is 51.5 Å². The number of thiophene rings is 1. The smallest absolute Gasteiger partial charge is 0.308 e. The topological polar surface area (TPSA) is 115 Å². The molecule has 1 aromatic carbocycles. The monoisotopic (exact) mass is 502 g/mol. The molecule has 0 bridgehead atoms. The van der Waals surface area contributed by atoms with Gasteiger partial charge >= 0.3 is 5.97 Å². The third kappa shape index (κ3) is 4.03. The van der Waals surface area contributed by atoms with Gasteiger partial charge in [-0.1, -0.05) is 12.1 Å². The summed E-state index contributed by atoms with van der Waals surface area (Å²) in [5.74, 6) is 0.0989. The van der Waals surface area contributed by atoms with Crippen LogP contribution in [0.4, 0.5) is 11.4 Å². The van der Waals surface area contributed by atoms with Crippen LogP contribution in [0.15, 0.2) is 47.6 Å². The molecule has 0 saturated heterocycles. The number of nitrogens with one attached hydrogen (secondary N) is 1. The van der Waals surface area contributed by atoms with E-state index in [1.165, 1.54) is 4.88 Å². The Hall–Kier alpha value is -4.05. The number of carboxylic acid groups (broad SMARTS) is 1. The van der Waals surface area contributed by atoms with Crippen molar-refractivity contribution in [3.05, 3.63) is 75.8 Å². The van der Waals surface area contributed by atoms with Crippen LogP contribution < -0.4 is 10.1 Å². The summed E-state index contributed by atoms with van der Waals surface area (Å²) in [5, 5.41) is 22.8. The van der Waals surface area contributed by atoms with E-state index in [1.807, 2.05) is 41.8 Å². The van der Waals surface area contributed by atoms with Gasteiger partial charge in [0.2, 0.25) is 5.88 Å². The fourth-order valence-corrected chi connectivity index (χ4v) is 5.48. The van der Waals surface area contributed by atoms with Crippen LogP contribution in [-0.2, 0) is 4.79 Å². The first-order valence-corrected chi connectivity index (χ1v) is 12.3. The molecule has 3 aromatic heterocycles. The van der Waals surface area contributed by atoms with Crippen molar-refractivity contribution in [3.8, 4) is 10.9 Å². The normalized spacial score (nSPS) is 15.4. The number of aromatic nitrogens is 4. The van der Waals surface area contributed by atoms with Gasteiger partial charge in [0.1, 0.15) is 16.9 Å². The standard InChI is InChI=1S/C26H26N6O3S/c1-13-15(3)36-25-21(13)23(29-22(14(2)26(33)34)24-31-30-16(4)32(24)25)17-6-8-18(9-7-17)28-19-10-11-20(35-5)27-12-19/h6-12,14,22,28H,1-5H3,(H,33,34)/t14-,22?/m0/s1. The minimum atomic E-state index is -0.930. The summed E-state index contributed by atoms with van der Waals surface area (Å²) >= 11 is 1.65. The number of carbonyl (C=O) groups is 1. The molecule has 5 rings (SSSR count). The number of aryl methyl sites for hydroxylation is 2. The van der Waals surface area contributed by atoms with Crippen LogP contribution in [0, 0.1) is 26.7 Å². The molecule has 2 N–H and O–H groups in total. The summed E-state index contributed by atoms with van der Waals surface area (Å²) in [6.45, 7) is 7.70. The van der Waals surface area contributed by atoms with Crippen LogP contribution in [-0.4, -0.2) is 43.6 Å². The van der Waals surface area contributed by atoms with Crippen LogP contribution in [0.1, 0.15) is 46.2 Å². The van der Waals surface area contributed by atoms with Gasteiger partial charge in [-0.15, -0.1) is 21.5 Å². The molecule has 2 atom stereocenters. The van der Waals surface area contributed by atoms with Crippen molar-refractivity contribution < 1.29 is 14.6 Å². The molecule has 0 radical (unpaired) electrons. The zero-order chi connectivity index (χ0) is 25.6. The molecule has 10 heteroatoms. The number of benzene rings is 1. The number of methoxy groups -OCH3 is 1. The van der Waals surface area contributed by atoms with E-state index in [0.717, 1.165) is 38.8 Å². The van der Waals surface area contributed by atoms with Gasteiger partial charge in [0, 0.05) is 27.8 Å². The van der Waals surface area contributed by atoms with E-state index in [4.69, 9.17) is 9.73 Å². The molecule has 1 aliphatic heterocycles. The number of aliphatic carboxylic acids is 1. The van der Waals surface area contributed by atoms with E-state index in [0.29, 0.717) is 17.5 Å². The number of hydrogen-bond acceptors (Lipinski definition) is 8. The van der Waals surface area contributed by atoms with Crippen molar-refractivity contribution in [2.24, 2.45) is 10.9 Å². The molecule has 4 heterocycles. The van der Waals surface area contributed by atoms with Crippen molar-refractivity contribution in [1.29, 1.82) is 0 Å². The van der Waals surface area contributed by atoms with Gasteiger partial charge in [-0.3, -0.25) is 14.4 Å². The summed E-state index contributed by atoms with van der Waals surface area (Å²) in [6, 6.07) is 11.0. The Balaban J connectivity index is 1.59. The average molecular weight is 503 g/mol. The summed E-state index contributed by atoms with van der Waals surface area (Å²) in [5.41, 5.74) is 5.49. The minimum absolute atomic E-state index is 0.546. The van der Waals surface area contributed by atoms with Crippen molar-refractivity contribution >= 4 is 34.4 Å². The van der Waals surface area contributed by atoms with Crippen LogP contribution >= 0.6 is 11.3 Å². The third-order valence-electron chi connectivity index (χ3n) is 6.44. The largest absolute Gasteiger partial charge is 0.481 e. The second kappa shape index (κ2) is 9.19. The van der Waals surface area contributed by atoms with Gasteiger partial charge in [-0.25, -0.2) is 4.98 Å². The fourth-order valence-electron chi connectivity index (χ4n) is 4.27. The molecule has 4 aromatic rings. The lowest BCUT2D eigenvalue weighted by molar-refractivity contribution is -0.141. The SMILES string of the molecule is COc1ccc(Nc2ccc(C3=NC([C@H](C)C(=O)O)c4nnc(C)n4-c4sc(C)c(C)c43)cc2)cn1. The molecule has 184 valence electrons. The van der Waals surface area contributed by atoms with E-state index < -0.39 is 17.9 Å². The zero-order valence-corrected chi connectivity index (χ0v) is 21.4. The first-order chi connectivity index (χ1) is 17.3. The maximum atomic E-state index is 12.0. The second-order valence-corrected chi connectivity index (χ2v) is 9.95. The Bertz CT molecular complexity index is 1470. The molecule has 0 amide bonds. The lowest BCUT2D eigenvalue weighted by atomic mass is 9.98. The van der Waals surface area contributed by atoms with E-state index >= 15 is 0 Å². The maximum Gasteiger partial charge on any atom is 0.308 e. The van der Waals surface area contributed by atoms with Gasteiger partial charge in [0.05, 0.1) is 30.6 Å². The second-order valence-electron chi connectivity index (χ2n) is 8.75. The Morgan fingerprint density at radius 2 is 1.83 bits per heavy atom. The molecular formula is C26H26N6O3S. The van der Waals surface area contributed by atoms with E-state index in [-0.39, 0.29) is 0 Å². The van der Waals surface area contributed by atoms with Crippen molar-refractivity contribution in [2.45, 2.75) is 33.7 Å². The number of rotatable bonds is 6. The first kappa shape index (κ1) is 23.7. The number of ether oxygens (including phenoxy) is 1. The predicted octanol–water partition coefficient (Wildman–Crippen LogP) is 5.01. The molecule has 0 fully saturated rings. The lowest BCUT2D eigenvalue weighted by Crippen LogP contribution is -2.21. The zero-order valence-electron chi connectivity index (χ0n) is 20.6. The average Bonchev–Trinajstić information content (AvgIpc) is 3.34. The highest BCUT2D eigenvalue weighted by Gasteiger charge is 2.36. The minimum Gasteiger partial charge on any atom is -0.481 e. The number of carboxylic acids is 1. The van der Waals surface area contributed by atoms with Gasteiger partial charge < -0.3 is 15.2 Å². The molecular weight excluding hydrogens is 476 g/mol. The van der Waals surface area contributed by atoms with E-state index in [2.05, 4.69) is 34.3 Å². The van der Waals surface area contributed by atoms with Crippen LogP contribution in [0.25, 0.3) is 5.00 Å². The van der Waals surface area contributed by atoms with Gasteiger partial charge in [0.25, 0.3) is 0 Å². The van der Waals surface area contributed by atoms with Gasteiger partial charge in [0.15, 0.2) is 5.82 Å². The van der Waals surface area contributed by atoms with Crippen LogP contribution in [0.3, 0.4) is 0 Å². The summed E-state index contributed by atoms with van der Waals surface area (Å²) in [6.07, 6.45) is 1.71. The highest BCUT2D eigenvalue weighted by molar-refractivity contribution is 7.15.